The molecule has 2 aromatic carbocycles. The zero-order valence-corrected chi connectivity index (χ0v) is 17.0. The summed E-state index contributed by atoms with van der Waals surface area (Å²) < 4.78 is 21.0. The van der Waals surface area contributed by atoms with Crippen LogP contribution >= 0.6 is 0 Å². The minimum Gasteiger partial charge on any atom is -0.482 e. The van der Waals surface area contributed by atoms with Crippen molar-refractivity contribution < 1.29 is 33.3 Å². The van der Waals surface area contributed by atoms with Crippen molar-refractivity contribution >= 4 is 23.3 Å². The molecule has 0 spiro atoms. The standard InChI is InChI=1S/C22H23NO7/c1-13(2)15-6-4-5-7-18(15)27-11-22(26)28-10-21(25)23-17-9-20-19(29-12-30-20)8-16(17)14(3)24/h4-9,13H,10-12H2,1-3H3,(H,23,25). The molecule has 0 atom stereocenters. The molecule has 1 heterocycles. The van der Waals surface area contributed by atoms with Gasteiger partial charge in [-0.25, -0.2) is 4.79 Å². The number of ether oxygens (including phenoxy) is 4. The number of amides is 1. The molecule has 0 unspecified atom stereocenters. The monoisotopic (exact) mass is 413 g/mol. The smallest absolute Gasteiger partial charge is 0.344 e. The second-order valence-corrected chi connectivity index (χ2v) is 7.00. The second-order valence-electron chi connectivity index (χ2n) is 7.00. The number of anilines is 1. The van der Waals surface area contributed by atoms with Gasteiger partial charge in [-0.2, -0.15) is 0 Å². The number of esters is 1. The predicted molar refractivity (Wildman–Crippen MR) is 108 cm³/mol. The lowest BCUT2D eigenvalue weighted by Crippen LogP contribution is -2.24. The molecular formula is C22H23NO7. The van der Waals surface area contributed by atoms with E-state index in [1.807, 2.05) is 32.0 Å². The number of carbonyl (C=O) groups excluding carboxylic acids is 3. The number of hydrogen-bond donors (Lipinski definition) is 1. The third-order valence-corrected chi connectivity index (χ3v) is 4.42. The highest BCUT2D eigenvalue weighted by Gasteiger charge is 2.21. The van der Waals surface area contributed by atoms with E-state index in [4.69, 9.17) is 18.9 Å². The number of carbonyl (C=O) groups is 3. The van der Waals surface area contributed by atoms with Crippen LogP contribution in [-0.2, 0) is 14.3 Å². The van der Waals surface area contributed by atoms with Gasteiger partial charge in [-0.05, 0) is 30.5 Å². The van der Waals surface area contributed by atoms with Gasteiger partial charge in [0.25, 0.3) is 5.91 Å². The van der Waals surface area contributed by atoms with E-state index in [-0.39, 0.29) is 36.4 Å². The van der Waals surface area contributed by atoms with Gasteiger partial charge in [0.2, 0.25) is 6.79 Å². The van der Waals surface area contributed by atoms with Crippen molar-refractivity contribution in [3.63, 3.8) is 0 Å². The normalized spacial score (nSPS) is 11.9. The topological polar surface area (TPSA) is 100 Å². The molecule has 0 aliphatic carbocycles. The predicted octanol–water partition coefficient (Wildman–Crippen LogP) is 3.30. The van der Waals surface area contributed by atoms with E-state index in [1.54, 1.807) is 6.07 Å². The average Bonchev–Trinajstić information content (AvgIpc) is 3.17. The number of ketones is 1. The van der Waals surface area contributed by atoms with Crippen molar-refractivity contribution in [1.82, 2.24) is 0 Å². The minimum atomic E-state index is -0.679. The van der Waals surface area contributed by atoms with E-state index in [0.717, 1.165) is 5.56 Å². The van der Waals surface area contributed by atoms with Crippen molar-refractivity contribution in [2.45, 2.75) is 26.7 Å². The Kier molecular flexibility index (Phi) is 6.56. The maximum atomic E-state index is 12.2. The summed E-state index contributed by atoms with van der Waals surface area (Å²) in [6.07, 6.45) is 0. The Morgan fingerprint density at radius 2 is 1.77 bits per heavy atom. The fraction of sp³-hybridized carbons (Fsp3) is 0.318. The summed E-state index contributed by atoms with van der Waals surface area (Å²) >= 11 is 0. The summed E-state index contributed by atoms with van der Waals surface area (Å²) in [5.74, 6) is 0.166. The highest BCUT2D eigenvalue weighted by Crippen LogP contribution is 2.37. The lowest BCUT2D eigenvalue weighted by molar-refractivity contribution is -0.149. The average molecular weight is 413 g/mol. The van der Waals surface area contributed by atoms with Crippen molar-refractivity contribution in [3.8, 4) is 17.2 Å². The molecule has 8 heteroatoms. The molecule has 1 aliphatic rings. The molecule has 0 fully saturated rings. The molecule has 0 bridgehead atoms. The van der Waals surface area contributed by atoms with Gasteiger partial charge in [-0.1, -0.05) is 32.0 Å². The van der Waals surface area contributed by atoms with E-state index in [9.17, 15) is 14.4 Å². The second kappa shape index (κ2) is 9.30. The number of hydrogen-bond acceptors (Lipinski definition) is 7. The van der Waals surface area contributed by atoms with Crippen molar-refractivity contribution in [2.24, 2.45) is 0 Å². The van der Waals surface area contributed by atoms with Gasteiger partial charge in [-0.3, -0.25) is 9.59 Å². The van der Waals surface area contributed by atoms with Gasteiger partial charge in [0.1, 0.15) is 5.75 Å². The van der Waals surface area contributed by atoms with Crippen LogP contribution in [0.4, 0.5) is 5.69 Å². The van der Waals surface area contributed by atoms with Crippen molar-refractivity contribution in [3.05, 3.63) is 47.5 Å². The van der Waals surface area contributed by atoms with Gasteiger partial charge in [0, 0.05) is 11.6 Å². The molecule has 3 rings (SSSR count). The molecule has 1 aliphatic heterocycles. The van der Waals surface area contributed by atoms with Crippen LogP contribution in [0, 0.1) is 0 Å². The van der Waals surface area contributed by atoms with Gasteiger partial charge in [0.05, 0.1) is 5.69 Å². The summed E-state index contributed by atoms with van der Waals surface area (Å²) in [5, 5.41) is 2.56. The van der Waals surface area contributed by atoms with Gasteiger partial charge < -0.3 is 24.3 Å². The Labute approximate surface area is 174 Å². The van der Waals surface area contributed by atoms with Crippen LogP contribution in [0.1, 0.15) is 42.6 Å². The summed E-state index contributed by atoms with van der Waals surface area (Å²) in [6.45, 7) is 4.63. The lowest BCUT2D eigenvalue weighted by atomic mass is 10.0. The maximum absolute atomic E-state index is 12.2. The summed E-state index contributed by atoms with van der Waals surface area (Å²) in [7, 11) is 0. The van der Waals surface area contributed by atoms with Crippen molar-refractivity contribution in [1.29, 1.82) is 0 Å². The fourth-order valence-corrected chi connectivity index (χ4v) is 2.94. The van der Waals surface area contributed by atoms with Crippen LogP contribution in [0.25, 0.3) is 0 Å². The number of Topliss-reactive ketones (excluding diaryl/α,β-unsaturated/α-hetero) is 1. The molecule has 2 aromatic rings. The molecule has 0 saturated heterocycles. The summed E-state index contributed by atoms with van der Waals surface area (Å²) in [5.41, 5.74) is 1.50. The van der Waals surface area contributed by atoms with Gasteiger partial charge >= 0.3 is 5.97 Å². The molecule has 1 amide bonds. The van der Waals surface area contributed by atoms with Crippen LogP contribution < -0.4 is 19.5 Å². The Balaban J connectivity index is 1.54. The van der Waals surface area contributed by atoms with Crippen LogP contribution in [0.5, 0.6) is 17.2 Å². The lowest BCUT2D eigenvalue weighted by Gasteiger charge is -2.13. The molecule has 0 radical (unpaired) electrons. The fourth-order valence-electron chi connectivity index (χ4n) is 2.94. The first-order valence-corrected chi connectivity index (χ1v) is 9.47. The Morgan fingerprint density at radius 3 is 2.47 bits per heavy atom. The van der Waals surface area contributed by atoms with E-state index in [2.05, 4.69) is 5.32 Å². The Hall–Kier alpha value is -3.55. The number of para-hydroxylation sites is 1. The molecule has 0 saturated carbocycles. The number of fused-ring (bicyclic) bond motifs is 1. The van der Waals surface area contributed by atoms with Crippen LogP contribution in [-0.4, -0.2) is 37.7 Å². The van der Waals surface area contributed by atoms with Crippen LogP contribution in [0.15, 0.2) is 36.4 Å². The third-order valence-electron chi connectivity index (χ3n) is 4.42. The quantitative estimate of drug-likeness (QED) is 0.523. The third kappa shape index (κ3) is 5.08. The summed E-state index contributed by atoms with van der Waals surface area (Å²) in [6, 6.07) is 10.4. The molecular weight excluding hydrogens is 390 g/mol. The highest BCUT2D eigenvalue weighted by molar-refractivity contribution is 6.05. The van der Waals surface area contributed by atoms with Gasteiger partial charge in [-0.15, -0.1) is 0 Å². The number of benzene rings is 2. The highest BCUT2D eigenvalue weighted by atomic mass is 16.7. The molecule has 30 heavy (non-hydrogen) atoms. The zero-order chi connectivity index (χ0) is 21.7. The van der Waals surface area contributed by atoms with E-state index >= 15 is 0 Å². The molecule has 8 nitrogen and oxygen atoms in total. The first-order valence-electron chi connectivity index (χ1n) is 9.47. The van der Waals surface area contributed by atoms with E-state index < -0.39 is 18.5 Å². The largest absolute Gasteiger partial charge is 0.482 e. The summed E-state index contributed by atoms with van der Waals surface area (Å²) in [4.78, 5) is 36.0. The minimum absolute atomic E-state index is 0.0433. The van der Waals surface area contributed by atoms with E-state index in [0.29, 0.717) is 17.2 Å². The Morgan fingerprint density at radius 1 is 1.07 bits per heavy atom. The molecule has 0 aromatic heterocycles. The van der Waals surface area contributed by atoms with E-state index in [1.165, 1.54) is 19.1 Å². The van der Waals surface area contributed by atoms with Crippen molar-refractivity contribution in [2.75, 3.05) is 25.3 Å². The van der Waals surface area contributed by atoms with Crippen LogP contribution in [0.3, 0.4) is 0 Å². The maximum Gasteiger partial charge on any atom is 0.344 e. The Bertz CT molecular complexity index is 968. The molecule has 1 N–H and O–H groups in total. The van der Waals surface area contributed by atoms with Gasteiger partial charge in [0.15, 0.2) is 30.5 Å². The first kappa shape index (κ1) is 21.2. The first-order chi connectivity index (χ1) is 14.3. The SMILES string of the molecule is CC(=O)c1cc2c(cc1NC(=O)COC(=O)COc1ccccc1C(C)C)OCO2. The number of nitrogens with one attached hydrogen (secondary N) is 1. The zero-order valence-electron chi connectivity index (χ0n) is 17.0. The molecule has 158 valence electrons. The number of rotatable bonds is 8. The van der Waals surface area contributed by atoms with Crippen LogP contribution in [0.2, 0.25) is 0 Å².